The monoisotopic (exact) mass is 170 g/mol. The van der Waals surface area contributed by atoms with Crippen LogP contribution in [0.2, 0.25) is 0 Å². The summed E-state index contributed by atoms with van der Waals surface area (Å²) in [6.45, 7) is 3.96. The molecule has 3 heteroatoms. The molecule has 2 unspecified atom stereocenters. The quantitative estimate of drug-likeness (QED) is 0.640. The zero-order valence-corrected chi connectivity index (χ0v) is 7.89. The number of carbonyl (C=O) groups is 1. The summed E-state index contributed by atoms with van der Waals surface area (Å²) in [7, 11) is 1.94. The van der Waals surface area contributed by atoms with E-state index in [0.29, 0.717) is 5.92 Å². The molecule has 0 saturated carbocycles. The zero-order chi connectivity index (χ0) is 8.97. The molecule has 2 atom stereocenters. The Morgan fingerprint density at radius 1 is 1.75 bits per heavy atom. The second kappa shape index (κ2) is 4.45. The van der Waals surface area contributed by atoms with Crippen molar-refractivity contribution in [3.63, 3.8) is 0 Å². The van der Waals surface area contributed by atoms with E-state index in [4.69, 9.17) is 0 Å². The number of hydrogen-bond donors (Lipinski definition) is 2. The SMILES string of the molecule is CCC(CNC)C1CCNC1=O. The van der Waals surface area contributed by atoms with Crippen LogP contribution in [0.25, 0.3) is 0 Å². The molecule has 0 spiro atoms. The summed E-state index contributed by atoms with van der Waals surface area (Å²) in [6, 6.07) is 0. The molecule has 0 bridgehead atoms. The fourth-order valence-electron chi connectivity index (χ4n) is 1.90. The molecule has 1 fully saturated rings. The molecular weight excluding hydrogens is 152 g/mol. The number of hydrogen-bond acceptors (Lipinski definition) is 2. The second-order valence-electron chi connectivity index (χ2n) is 3.41. The molecule has 1 amide bonds. The maximum Gasteiger partial charge on any atom is 0.223 e. The molecule has 0 aliphatic carbocycles. The van der Waals surface area contributed by atoms with Gasteiger partial charge in [0, 0.05) is 12.5 Å². The van der Waals surface area contributed by atoms with Gasteiger partial charge >= 0.3 is 0 Å². The highest BCUT2D eigenvalue weighted by molar-refractivity contribution is 5.80. The summed E-state index contributed by atoms with van der Waals surface area (Å²) in [4.78, 5) is 11.3. The Morgan fingerprint density at radius 2 is 2.50 bits per heavy atom. The summed E-state index contributed by atoms with van der Waals surface area (Å²) in [5.41, 5.74) is 0. The van der Waals surface area contributed by atoms with Crippen molar-refractivity contribution in [2.75, 3.05) is 20.1 Å². The van der Waals surface area contributed by atoms with Crippen molar-refractivity contribution in [2.24, 2.45) is 11.8 Å². The number of amides is 1. The van der Waals surface area contributed by atoms with Gasteiger partial charge in [0.15, 0.2) is 0 Å². The normalized spacial score (nSPS) is 25.5. The van der Waals surface area contributed by atoms with E-state index in [1.807, 2.05) is 7.05 Å². The zero-order valence-electron chi connectivity index (χ0n) is 7.89. The Hall–Kier alpha value is -0.570. The lowest BCUT2D eigenvalue weighted by molar-refractivity contribution is -0.123. The van der Waals surface area contributed by atoms with Gasteiger partial charge in [0.2, 0.25) is 5.91 Å². The van der Waals surface area contributed by atoms with E-state index in [1.165, 1.54) is 0 Å². The van der Waals surface area contributed by atoms with Crippen molar-refractivity contribution in [1.29, 1.82) is 0 Å². The summed E-state index contributed by atoms with van der Waals surface area (Å²) >= 11 is 0. The van der Waals surface area contributed by atoms with Crippen LogP contribution in [0.1, 0.15) is 19.8 Å². The maximum absolute atomic E-state index is 11.3. The standard InChI is InChI=1S/C9H18N2O/c1-3-7(6-10-2)8-4-5-11-9(8)12/h7-8,10H,3-6H2,1-2H3,(H,11,12). The van der Waals surface area contributed by atoms with Crippen LogP contribution in [0.15, 0.2) is 0 Å². The molecule has 12 heavy (non-hydrogen) atoms. The van der Waals surface area contributed by atoms with E-state index < -0.39 is 0 Å². The van der Waals surface area contributed by atoms with Gasteiger partial charge in [-0.05, 0) is 25.9 Å². The topological polar surface area (TPSA) is 41.1 Å². The average molecular weight is 170 g/mol. The molecular formula is C9H18N2O. The first-order valence-electron chi connectivity index (χ1n) is 4.72. The number of nitrogens with one attached hydrogen (secondary N) is 2. The molecule has 3 nitrogen and oxygen atoms in total. The Morgan fingerprint density at radius 3 is 2.92 bits per heavy atom. The molecule has 0 aromatic rings. The maximum atomic E-state index is 11.3. The van der Waals surface area contributed by atoms with Crippen LogP contribution < -0.4 is 10.6 Å². The van der Waals surface area contributed by atoms with Crippen molar-refractivity contribution in [1.82, 2.24) is 10.6 Å². The van der Waals surface area contributed by atoms with Crippen LogP contribution in [-0.4, -0.2) is 26.0 Å². The third kappa shape index (κ3) is 1.97. The molecule has 0 aromatic heterocycles. The largest absolute Gasteiger partial charge is 0.356 e. The van der Waals surface area contributed by atoms with Gasteiger partial charge in [0.05, 0.1) is 0 Å². The van der Waals surface area contributed by atoms with E-state index in [1.54, 1.807) is 0 Å². The molecule has 1 heterocycles. The minimum Gasteiger partial charge on any atom is -0.356 e. The molecule has 0 aromatic carbocycles. The van der Waals surface area contributed by atoms with Gasteiger partial charge in [0.1, 0.15) is 0 Å². The highest BCUT2D eigenvalue weighted by atomic mass is 16.2. The number of rotatable bonds is 4. The van der Waals surface area contributed by atoms with E-state index in [2.05, 4.69) is 17.6 Å². The fourth-order valence-corrected chi connectivity index (χ4v) is 1.90. The van der Waals surface area contributed by atoms with Crippen LogP contribution in [0.4, 0.5) is 0 Å². The van der Waals surface area contributed by atoms with E-state index in [9.17, 15) is 4.79 Å². The van der Waals surface area contributed by atoms with Crippen LogP contribution in [0.5, 0.6) is 0 Å². The fraction of sp³-hybridized carbons (Fsp3) is 0.889. The van der Waals surface area contributed by atoms with Crippen molar-refractivity contribution >= 4 is 5.91 Å². The van der Waals surface area contributed by atoms with E-state index >= 15 is 0 Å². The molecule has 70 valence electrons. The predicted molar refractivity (Wildman–Crippen MR) is 48.8 cm³/mol. The van der Waals surface area contributed by atoms with Crippen molar-refractivity contribution in [2.45, 2.75) is 19.8 Å². The third-order valence-corrected chi connectivity index (χ3v) is 2.65. The highest BCUT2D eigenvalue weighted by Crippen LogP contribution is 2.22. The average Bonchev–Trinajstić information content (AvgIpc) is 2.47. The minimum absolute atomic E-state index is 0.247. The highest BCUT2D eigenvalue weighted by Gasteiger charge is 2.30. The summed E-state index contributed by atoms with van der Waals surface area (Å²) < 4.78 is 0. The molecule has 1 rings (SSSR count). The van der Waals surface area contributed by atoms with Gasteiger partial charge < -0.3 is 10.6 Å². The lowest BCUT2D eigenvalue weighted by Crippen LogP contribution is -2.30. The van der Waals surface area contributed by atoms with Gasteiger partial charge in [-0.1, -0.05) is 13.3 Å². The Labute approximate surface area is 73.9 Å². The minimum atomic E-state index is 0.247. The van der Waals surface area contributed by atoms with Crippen LogP contribution in [0.3, 0.4) is 0 Å². The van der Waals surface area contributed by atoms with Crippen molar-refractivity contribution in [3.05, 3.63) is 0 Å². The number of carbonyl (C=O) groups excluding carboxylic acids is 1. The first-order chi connectivity index (χ1) is 5.79. The lowest BCUT2D eigenvalue weighted by Gasteiger charge is -2.18. The molecule has 0 radical (unpaired) electrons. The molecule has 1 saturated heterocycles. The van der Waals surface area contributed by atoms with Crippen LogP contribution in [0, 0.1) is 11.8 Å². The summed E-state index contributed by atoms with van der Waals surface area (Å²) in [5, 5.41) is 6.01. The van der Waals surface area contributed by atoms with Gasteiger partial charge in [-0.15, -0.1) is 0 Å². The van der Waals surface area contributed by atoms with Crippen molar-refractivity contribution in [3.8, 4) is 0 Å². The second-order valence-corrected chi connectivity index (χ2v) is 3.41. The molecule has 1 aliphatic rings. The molecule has 2 N–H and O–H groups in total. The Bertz CT molecular complexity index is 159. The Kier molecular flexibility index (Phi) is 3.53. The summed E-state index contributed by atoms with van der Waals surface area (Å²) in [6.07, 6.45) is 2.10. The third-order valence-electron chi connectivity index (χ3n) is 2.65. The predicted octanol–water partition coefficient (Wildman–Crippen LogP) is 0.368. The smallest absolute Gasteiger partial charge is 0.223 e. The van der Waals surface area contributed by atoms with Crippen LogP contribution >= 0.6 is 0 Å². The molecule has 1 aliphatic heterocycles. The lowest BCUT2D eigenvalue weighted by atomic mass is 9.89. The summed E-state index contributed by atoms with van der Waals surface area (Å²) in [5.74, 6) is 1.01. The van der Waals surface area contributed by atoms with Gasteiger partial charge in [-0.3, -0.25) is 4.79 Å². The first-order valence-corrected chi connectivity index (χ1v) is 4.72. The first kappa shape index (κ1) is 9.52. The van der Waals surface area contributed by atoms with Gasteiger partial charge in [0.25, 0.3) is 0 Å². The van der Waals surface area contributed by atoms with E-state index in [0.717, 1.165) is 25.9 Å². The van der Waals surface area contributed by atoms with Crippen molar-refractivity contribution < 1.29 is 4.79 Å². The Balaban J connectivity index is 2.46. The van der Waals surface area contributed by atoms with Gasteiger partial charge in [-0.2, -0.15) is 0 Å². The van der Waals surface area contributed by atoms with Crippen LogP contribution in [-0.2, 0) is 4.79 Å². The van der Waals surface area contributed by atoms with E-state index in [-0.39, 0.29) is 11.8 Å². The van der Waals surface area contributed by atoms with Gasteiger partial charge in [-0.25, -0.2) is 0 Å².